The SMILES string of the molecule is CN(C)CCN1CCN(C[C@H]2CCCCO2)CCC1=O. The maximum atomic E-state index is 12.1. The van der Waals surface area contributed by atoms with Gasteiger partial charge in [-0.1, -0.05) is 0 Å². The second-order valence-corrected chi connectivity index (χ2v) is 6.22. The van der Waals surface area contributed by atoms with Crippen LogP contribution >= 0.6 is 0 Å². The standard InChI is InChI=1S/C15H29N3O2/c1-16(2)8-10-18-11-9-17(7-6-15(18)19)13-14-5-3-4-12-20-14/h14H,3-13H2,1-2H3/t14-/m1/s1. The second-order valence-electron chi connectivity index (χ2n) is 6.22. The van der Waals surface area contributed by atoms with Crippen molar-refractivity contribution in [1.29, 1.82) is 0 Å². The molecule has 2 rings (SSSR count). The summed E-state index contributed by atoms with van der Waals surface area (Å²) < 4.78 is 5.81. The van der Waals surface area contributed by atoms with Crippen molar-refractivity contribution < 1.29 is 9.53 Å². The van der Waals surface area contributed by atoms with Crippen LogP contribution in [0.25, 0.3) is 0 Å². The quantitative estimate of drug-likeness (QED) is 0.742. The van der Waals surface area contributed by atoms with Crippen LogP contribution in [0.2, 0.25) is 0 Å². The first-order chi connectivity index (χ1) is 9.65. The van der Waals surface area contributed by atoms with Crippen LogP contribution in [0.15, 0.2) is 0 Å². The van der Waals surface area contributed by atoms with Crippen molar-refractivity contribution in [2.45, 2.75) is 31.8 Å². The van der Waals surface area contributed by atoms with Gasteiger partial charge in [-0.2, -0.15) is 0 Å². The van der Waals surface area contributed by atoms with E-state index >= 15 is 0 Å². The highest BCUT2D eigenvalue weighted by molar-refractivity contribution is 5.76. The Kier molecular flexibility index (Phi) is 6.26. The molecule has 116 valence electrons. The Morgan fingerprint density at radius 2 is 2.10 bits per heavy atom. The number of likely N-dealkylation sites (N-methyl/N-ethyl adjacent to an activating group) is 1. The summed E-state index contributed by atoms with van der Waals surface area (Å²) in [6.07, 6.45) is 4.70. The lowest BCUT2D eigenvalue weighted by atomic mass is 10.1. The maximum absolute atomic E-state index is 12.1. The van der Waals surface area contributed by atoms with Crippen molar-refractivity contribution in [2.75, 3.05) is 60.0 Å². The van der Waals surface area contributed by atoms with Gasteiger partial charge in [0.15, 0.2) is 0 Å². The lowest BCUT2D eigenvalue weighted by molar-refractivity contribution is -0.130. The van der Waals surface area contributed by atoms with Crippen LogP contribution in [-0.2, 0) is 9.53 Å². The highest BCUT2D eigenvalue weighted by Gasteiger charge is 2.23. The monoisotopic (exact) mass is 283 g/mol. The van der Waals surface area contributed by atoms with Gasteiger partial charge in [0.1, 0.15) is 0 Å². The third-order valence-electron chi connectivity index (χ3n) is 4.23. The molecule has 0 radical (unpaired) electrons. The van der Waals surface area contributed by atoms with Crippen LogP contribution in [0.5, 0.6) is 0 Å². The van der Waals surface area contributed by atoms with E-state index in [-0.39, 0.29) is 0 Å². The number of hydrogen-bond donors (Lipinski definition) is 0. The average Bonchev–Trinajstić information content (AvgIpc) is 2.61. The zero-order chi connectivity index (χ0) is 14.4. The molecule has 0 aromatic heterocycles. The van der Waals surface area contributed by atoms with Crippen LogP contribution in [0.4, 0.5) is 0 Å². The van der Waals surface area contributed by atoms with Gasteiger partial charge in [0, 0.05) is 52.3 Å². The summed E-state index contributed by atoms with van der Waals surface area (Å²) >= 11 is 0. The lowest BCUT2D eigenvalue weighted by Gasteiger charge is -2.29. The van der Waals surface area contributed by atoms with Crippen molar-refractivity contribution in [3.63, 3.8) is 0 Å². The van der Waals surface area contributed by atoms with Crippen LogP contribution in [0.1, 0.15) is 25.7 Å². The molecule has 0 aliphatic carbocycles. The Morgan fingerprint density at radius 1 is 1.25 bits per heavy atom. The summed E-state index contributed by atoms with van der Waals surface area (Å²) in [4.78, 5) is 18.7. The molecule has 2 fully saturated rings. The van der Waals surface area contributed by atoms with E-state index in [1.165, 1.54) is 19.3 Å². The minimum Gasteiger partial charge on any atom is -0.377 e. The molecule has 0 aromatic rings. The average molecular weight is 283 g/mol. The maximum Gasteiger partial charge on any atom is 0.223 e. The van der Waals surface area contributed by atoms with Gasteiger partial charge in [-0.25, -0.2) is 0 Å². The molecule has 0 aromatic carbocycles. The Hall–Kier alpha value is -0.650. The molecule has 2 aliphatic heterocycles. The molecule has 0 bridgehead atoms. The van der Waals surface area contributed by atoms with E-state index in [4.69, 9.17) is 4.74 Å². The van der Waals surface area contributed by atoms with E-state index in [1.54, 1.807) is 0 Å². The minimum absolute atomic E-state index is 0.305. The molecular weight excluding hydrogens is 254 g/mol. The number of ether oxygens (including phenoxy) is 1. The fourth-order valence-corrected chi connectivity index (χ4v) is 2.89. The molecular formula is C15H29N3O2. The molecule has 0 unspecified atom stereocenters. The number of nitrogens with zero attached hydrogens (tertiary/aromatic N) is 3. The predicted octanol–water partition coefficient (Wildman–Crippen LogP) is 0.651. The van der Waals surface area contributed by atoms with E-state index in [9.17, 15) is 4.79 Å². The molecule has 0 spiro atoms. The topological polar surface area (TPSA) is 36.0 Å². The van der Waals surface area contributed by atoms with Gasteiger partial charge in [0.2, 0.25) is 5.91 Å². The number of carbonyl (C=O) groups is 1. The first-order valence-corrected chi connectivity index (χ1v) is 7.91. The lowest BCUT2D eigenvalue weighted by Crippen LogP contribution is -2.39. The van der Waals surface area contributed by atoms with Crippen LogP contribution in [0, 0.1) is 0 Å². The first-order valence-electron chi connectivity index (χ1n) is 7.91. The molecule has 1 atom stereocenters. The van der Waals surface area contributed by atoms with Crippen molar-refractivity contribution in [3.05, 3.63) is 0 Å². The van der Waals surface area contributed by atoms with Gasteiger partial charge in [-0.3, -0.25) is 9.69 Å². The molecule has 2 saturated heterocycles. The van der Waals surface area contributed by atoms with Crippen molar-refractivity contribution in [3.8, 4) is 0 Å². The molecule has 5 heteroatoms. The summed E-state index contributed by atoms with van der Waals surface area (Å²) in [5.41, 5.74) is 0. The normalized spacial score (nSPS) is 26.1. The Balaban J connectivity index is 1.76. The summed E-state index contributed by atoms with van der Waals surface area (Å²) in [6, 6.07) is 0. The minimum atomic E-state index is 0.305. The molecule has 5 nitrogen and oxygen atoms in total. The van der Waals surface area contributed by atoms with E-state index in [0.29, 0.717) is 18.4 Å². The predicted molar refractivity (Wildman–Crippen MR) is 79.8 cm³/mol. The van der Waals surface area contributed by atoms with Crippen LogP contribution in [0.3, 0.4) is 0 Å². The summed E-state index contributed by atoms with van der Waals surface area (Å²) in [7, 11) is 4.10. The van der Waals surface area contributed by atoms with E-state index < -0.39 is 0 Å². The summed E-state index contributed by atoms with van der Waals surface area (Å²) in [6.45, 7) is 6.42. The molecule has 1 amide bonds. The number of hydrogen-bond acceptors (Lipinski definition) is 4. The van der Waals surface area contributed by atoms with Gasteiger partial charge in [-0.15, -0.1) is 0 Å². The van der Waals surface area contributed by atoms with Gasteiger partial charge in [-0.05, 0) is 33.4 Å². The highest BCUT2D eigenvalue weighted by Crippen LogP contribution is 2.15. The fourth-order valence-electron chi connectivity index (χ4n) is 2.89. The third-order valence-corrected chi connectivity index (χ3v) is 4.23. The zero-order valence-electron chi connectivity index (χ0n) is 13.0. The molecule has 2 heterocycles. The smallest absolute Gasteiger partial charge is 0.223 e. The van der Waals surface area contributed by atoms with E-state index in [1.807, 2.05) is 4.90 Å². The van der Waals surface area contributed by atoms with Crippen molar-refractivity contribution in [2.24, 2.45) is 0 Å². The first kappa shape index (κ1) is 15.7. The molecule has 0 saturated carbocycles. The highest BCUT2D eigenvalue weighted by atomic mass is 16.5. The Bertz CT molecular complexity index is 303. The van der Waals surface area contributed by atoms with Crippen molar-refractivity contribution >= 4 is 5.91 Å². The van der Waals surface area contributed by atoms with Gasteiger partial charge in [0.05, 0.1) is 6.10 Å². The largest absolute Gasteiger partial charge is 0.377 e. The molecule has 20 heavy (non-hydrogen) atoms. The van der Waals surface area contributed by atoms with E-state index in [2.05, 4.69) is 23.9 Å². The van der Waals surface area contributed by atoms with Gasteiger partial charge < -0.3 is 14.5 Å². The third kappa shape index (κ3) is 5.04. The molecule has 2 aliphatic rings. The zero-order valence-corrected chi connectivity index (χ0v) is 13.0. The van der Waals surface area contributed by atoms with Crippen LogP contribution < -0.4 is 0 Å². The van der Waals surface area contributed by atoms with Crippen molar-refractivity contribution in [1.82, 2.24) is 14.7 Å². The van der Waals surface area contributed by atoms with Gasteiger partial charge >= 0.3 is 0 Å². The molecule has 0 N–H and O–H groups in total. The van der Waals surface area contributed by atoms with Gasteiger partial charge in [0.25, 0.3) is 0 Å². The second kappa shape index (κ2) is 7.96. The Morgan fingerprint density at radius 3 is 2.80 bits per heavy atom. The Labute approximate surface area is 122 Å². The fraction of sp³-hybridized carbons (Fsp3) is 0.933. The number of carbonyl (C=O) groups excluding carboxylic acids is 1. The summed E-state index contributed by atoms with van der Waals surface area (Å²) in [5, 5.41) is 0. The summed E-state index contributed by atoms with van der Waals surface area (Å²) in [5.74, 6) is 0.305. The van der Waals surface area contributed by atoms with Crippen LogP contribution in [-0.4, -0.2) is 86.7 Å². The number of amides is 1. The van der Waals surface area contributed by atoms with E-state index in [0.717, 1.165) is 45.9 Å². The number of rotatable bonds is 5.